The second-order valence-corrected chi connectivity index (χ2v) is 10.4. The van der Waals surface area contributed by atoms with E-state index in [9.17, 15) is 18.0 Å². The molecule has 0 aromatic heterocycles. The molecule has 2 amide bonds. The molecule has 33 heavy (non-hydrogen) atoms. The second kappa shape index (κ2) is 10.0. The maximum Gasteiger partial charge on any atom is 0.247 e. The van der Waals surface area contributed by atoms with Crippen LogP contribution < -0.4 is 10.6 Å². The molecule has 170 valence electrons. The number of sulfone groups is 1. The molecule has 1 saturated heterocycles. The van der Waals surface area contributed by atoms with E-state index in [0.29, 0.717) is 12.0 Å². The molecule has 4 rings (SSSR count). The van der Waals surface area contributed by atoms with E-state index in [2.05, 4.69) is 10.6 Å². The lowest BCUT2D eigenvalue weighted by atomic mass is 9.90. The topological polar surface area (TPSA) is 92.3 Å². The van der Waals surface area contributed by atoms with Crippen LogP contribution in [0.15, 0.2) is 91.0 Å². The molecule has 1 aliphatic heterocycles. The van der Waals surface area contributed by atoms with Crippen LogP contribution in [-0.2, 0) is 19.4 Å². The van der Waals surface area contributed by atoms with Crippen molar-refractivity contribution < 1.29 is 18.0 Å². The van der Waals surface area contributed by atoms with Gasteiger partial charge in [0.2, 0.25) is 11.8 Å². The summed E-state index contributed by atoms with van der Waals surface area (Å²) < 4.78 is 23.6. The molecule has 7 heteroatoms. The van der Waals surface area contributed by atoms with Crippen LogP contribution in [-0.4, -0.2) is 37.8 Å². The van der Waals surface area contributed by atoms with Gasteiger partial charge < -0.3 is 10.6 Å². The van der Waals surface area contributed by atoms with Crippen LogP contribution in [0.3, 0.4) is 0 Å². The van der Waals surface area contributed by atoms with Gasteiger partial charge in [-0.3, -0.25) is 9.59 Å². The lowest BCUT2D eigenvalue weighted by Crippen LogP contribution is -2.46. The van der Waals surface area contributed by atoms with Crippen molar-refractivity contribution in [1.82, 2.24) is 10.6 Å². The Kier molecular flexibility index (Phi) is 6.89. The van der Waals surface area contributed by atoms with Gasteiger partial charge in [-0.15, -0.1) is 0 Å². The minimum atomic E-state index is -3.14. The van der Waals surface area contributed by atoms with Crippen molar-refractivity contribution in [2.45, 2.75) is 24.4 Å². The Hall–Kier alpha value is -3.45. The van der Waals surface area contributed by atoms with Crippen LogP contribution >= 0.6 is 0 Å². The second-order valence-electron chi connectivity index (χ2n) is 8.22. The Labute approximate surface area is 194 Å². The zero-order valence-electron chi connectivity index (χ0n) is 18.1. The van der Waals surface area contributed by atoms with Gasteiger partial charge in [0, 0.05) is 6.04 Å². The van der Waals surface area contributed by atoms with Crippen molar-refractivity contribution in [1.29, 1.82) is 0 Å². The molecule has 0 radical (unpaired) electrons. The maximum atomic E-state index is 13.6. The van der Waals surface area contributed by atoms with E-state index in [-0.39, 0.29) is 17.4 Å². The van der Waals surface area contributed by atoms with Gasteiger partial charge in [-0.1, -0.05) is 91.0 Å². The zero-order valence-corrected chi connectivity index (χ0v) is 18.9. The zero-order chi connectivity index (χ0) is 23.3. The molecule has 2 N–H and O–H groups in total. The monoisotopic (exact) mass is 462 g/mol. The first kappa shape index (κ1) is 22.7. The normalized spacial score (nSPS) is 17.9. The Morgan fingerprint density at radius 1 is 0.727 bits per heavy atom. The summed E-state index contributed by atoms with van der Waals surface area (Å²) in [5, 5.41) is 5.75. The molecule has 1 fully saturated rings. The van der Waals surface area contributed by atoms with Crippen LogP contribution in [0.2, 0.25) is 0 Å². The summed E-state index contributed by atoms with van der Waals surface area (Å²) in [7, 11) is -3.14. The van der Waals surface area contributed by atoms with Crippen LogP contribution in [0.25, 0.3) is 0 Å². The summed E-state index contributed by atoms with van der Waals surface area (Å²) in [5.74, 6) is -1.35. The van der Waals surface area contributed by atoms with Crippen LogP contribution in [0.1, 0.15) is 35.1 Å². The van der Waals surface area contributed by atoms with Crippen molar-refractivity contribution in [2.75, 3.05) is 11.5 Å². The van der Waals surface area contributed by atoms with Crippen molar-refractivity contribution in [3.63, 3.8) is 0 Å². The fourth-order valence-electron chi connectivity index (χ4n) is 4.15. The molecule has 0 unspecified atom stereocenters. The molecule has 3 aromatic rings. The number of benzene rings is 3. The molecule has 6 nitrogen and oxygen atoms in total. The third-order valence-electron chi connectivity index (χ3n) is 5.79. The first-order valence-corrected chi connectivity index (χ1v) is 12.7. The summed E-state index contributed by atoms with van der Waals surface area (Å²) in [6, 6.07) is 26.4. The standard InChI is InChI=1S/C26H26N2O4S/c29-25(23(19-10-4-1-5-11-19)20-12-6-2-7-13-20)28-24(21-14-8-3-9-15-21)26(30)27-22-16-17-33(31,32)18-22/h1-15,22-24H,16-18H2,(H,27,30)(H,28,29)/t22-,24+/m0/s1. The number of amides is 2. The number of hydrogen-bond donors (Lipinski definition) is 2. The Bertz CT molecular complexity index is 1160. The molecular weight excluding hydrogens is 436 g/mol. The van der Waals surface area contributed by atoms with E-state index in [1.807, 2.05) is 66.7 Å². The summed E-state index contributed by atoms with van der Waals surface area (Å²) in [6.45, 7) is 0. The minimum Gasteiger partial charge on any atom is -0.350 e. The highest BCUT2D eigenvalue weighted by molar-refractivity contribution is 7.91. The van der Waals surface area contributed by atoms with E-state index in [4.69, 9.17) is 0 Å². The lowest BCUT2D eigenvalue weighted by molar-refractivity contribution is -0.129. The Balaban J connectivity index is 1.62. The van der Waals surface area contributed by atoms with Crippen LogP contribution in [0.4, 0.5) is 0 Å². The van der Waals surface area contributed by atoms with Gasteiger partial charge in [-0.05, 0) is 23.1 Å². The highest BCUT2D eigenvalue weighted by Crippen LogP contribution is 2.26. The highest BCUT2D eigenvalue weighted by atomic mass is 32.2. The smallest absolute Gasteiger partial charge is 0.247 e. The summed E-state index contributed by atoms with van der Waals surface area (Å²) in [5.41, 5.74) is 2.26. The van der Waals surface area contributed by atoms with Gasteiger partial charge >= 0.3 is 0 Å². The molecule has 0 saturated carbocycles. The van der Waals surface area contributed by atoms with E-state index >= 15 is 0 Å². The number of rotatable bonds is 7. The fourth-order valence-corrected chi connectivity index (χ4v) is 5.82. The Morgan fingerprint density at radius 3 is 1.67 bits per heavy atom. The van der Waals surface area contributed by atoms with Gasteiger partial charge in [0.25, 0.3) is 0 Å². The van der Waals surface area contributed by atoms with E-state index in [0.717, 1.165) is 11.1 Å². The molecule has 1 aliphatic rings. The lowest BCUT2D eigenvalue weighted by Gasteiger charge is -2.24. The first-order chi connectivity index (χ1) is 15.9. The number of hydrogen-bond acceptors (Lipinski definition) is 4. The maximum absolute atomic E-state index is 13.6. The molecule has 0 aliphatic carbocycles. The van der Waals surface area contributed by atoms with Crippen LogP contribution in [0, 0.1) is 0 Å². The molecule has 2 atom stereocenters. The van der Waals surface area contributed by atoms with Gasteiger partial charge in [0.05, 0.1) is 17.4 Å². The largest absolute Gasteiger partial charge is 0.350 e. The number of nitrogens with one attached hydrogen (secondary N) is 2. The summed E-state index contributed by atoms with van der Waals surface area (Å²) in [4.78, 5) is 26.8. The molecule has 3 aromatic carbocycles. The van der Waals surface area contributed by atoms with Gasteiger partial charge in [0.15, 0.2) is 9.84 Å². The van der Waals surface area contributed by atoms with E-state index in [1.165, 1.54) is 0 Å². The van der Waals surface area contributed by atoms with Gasteiger partial charge in [0.1, 0.15) is 6.04 Å². The molecule has 0 bridgehead atoms. The first-order valence-electron chi connectivity index (χ1n) is 10.9. The number of carbonyl (C=O) groups excluding carboxylic acids is 2. The number of carbonyl (C=O) groups is 2. The summed E-state index contributed by atoms with van der Waals surface area (Å²) in [6.07, 6.45) is 0.375. The highest BCUT2D eigenvalue weighted by Gasteiger charge is 2.33. The fraction of sp³-hybridized carbons (Fsp3) is 0.231. The van der Waals surface area contributed by atoms with E-state index < -0.39 is 33.7 Å². The van der Waals surface area contributed by atoms with Crippen molar-refractivity contribution in [3.8, 4) is 0 Å². The third-order valence-corrected chi connectivity index (χ3v) is 7.56. The van der Waals surface area contributed by atoms with E-state index in [1.54, 1.807) is 24.3 Å². The van der Waals surface area contributed by atoms with Crippen LogP contribution in [0.5, 0.6) is 0 Å². The molecule has 1 heterocycles. The summed E-state index contributed by atoms with van der Waals surface area (Å²) >= 11 is 0. The molecular formula is C26H26N2O4S. The minimum absolute atomic E-state index is 0.0599. The van der Waals surface area contributed by atoms with Gasteiger partial charge in [-0.2, -0.15) is 0 Å². The Morgan fingerprint density at radius 2 is 1.21 bits per heavy atom. The predicted molar refractivity (Wildman–Crippen MR) is 127 cm³/mol. The van der Waals surface area contributed by atoms with Crippen molar-refractivity contribution >= 4 is 21.7 Å². The molecule has 0 spiro atoms. The average Bonchev–Trinajstić information content (AvgIpc) is 3.17. The quantitative estimate of drug-likeness (QED) is 0.565. The van der Waals surface area contributed by atoms with Gasteiger partial charge in [-0.25, -0.2) is 8.42 Å². The van der Waals surface area contributed by atoms with Crippen molar-refractivity contribution in [2.24, 2.45) is 0 Å². The SMILES string of the molecule is O=C(N[C@@H](C(=O)N[C@H]1CCS(=O)(=O)C1)c1ccccc1)C(c1ccccc1)c1ccccc1. The van der Waals surface area contributed by atoms with Crippen molar-refractivity contribution in [3.05, 3.63) is 108 Å². The average molecular weight is 463 g/mol. The third kappa shape index (κ3) is 5.68. The predicted octanol–water partition coefficient (Wildman–Crippen LogP) is 2.98.